The SMILES string of the molecule is CCCc1cc(C(=O)CC)ccc1-c1cc(OCc2ccc(CO)c(CO)c2)ccc1CC. The van der Waals surface area contributed by atoms with E-state index in [0.29, 0.717) is 18.6 Å². The number of hydrogen-bond donors (Lipinski definition) is 2. The molecule has 0 aliphatic carbocycles. The first-order chi connectivity index (χ1) is 16.0. The predicted molar refractivity (Wildman–Crippen MR) is 132 cm³/mol. The van der Waals surface area contributed by atoms with Crippen LogP contribution >= 0.6 is 0 Å². The smallest absolute Gasteiger partial charge is 0.162 e. The molecule has 0 unspecified atom stereocenters. The van der Waals surface area contributed by atoms with Gasteiger partial charge in [-0.1, -0.05) is 57.5 Å². The summed E-state index contributed by atoms with van der Waals surface area (Å²) in [6.45, 7) is 6.35. The normalized spacial score (nSPS) is 10.9. The minimum atomic E-state index is -0.115. The molecular formula is C29H34O4. The fourth-order valence-electron chi connectivity index (χ4n) is 4.15. The average Bonchev–Trinajstić information content (AvgIpc) is 2.86. The largest absolute Gasteiger partial charge is 0.489 e. The first kappa shape index (κ1) is 24.7. The van der Waals surface area contributed by atoms with Crippen molar-refractivity contribution in [2.24, 2.45) is 0 Å². The minimum Gasteiger partial charge on any atom is -0.489 e. The average molecular weight is 447 g/mol. The van der Waals surface area contributed by atoms with Gasteiger partial charge in [-0.15, -0.1) is 0 Å². The lowest BCUT2D eigenvalue weighted by atomic mass is 9.90. The quantitative estimate of drug-likeness (QED) is 0.353. The molecule has 0 heterocycles. The number of aliphatic hydroxyl groups excluding tert-OH is 2. The maximum Gasteiger partial charge on any atom is 0.162 e. The second kappa shape index (κ2) is 11.8. The molecule has 33 heavy (non-hydrogen) atoms. The Labute approximate surface area is 196 Å². The molecule has 0 aromatic heterocycles. The van der Waals surface area contributed by atoms with Crippen LogP contribution in [0.3, 0.4) is 0 Å². The molecule has 4 heteroatoms. The summed E-state index contributed by atoms with van der Waals surface area (Å²) < 4.78 is 6.11. The molecule has 4 nitrogen and oxygen atoms in total. The summed E-state index contributed by atoms with van der Waals surface area (Å²) in [6, 6.07) is 17.9. The zero-order valence-electron chi connectivity index (χ0n) is 19.9. The van der Waals surface area contributed by atoms with Gasteiger partial charge >= 0.3 is 0 Å². The number of carbonyl (C=O) groups excluding carboxylic acids is 1. The number of benzene rings is 3. The summed E-state index contributed by atoms with van der Waals surface area (Å²) in [5, 5.41) is 18.9. The van der Waals surface area contributed by atoms with Crippen LogP contribution in [0.2, 0.25) is 0 Å². The topological polar surface area (TPSA) is 66.8 Å². The molecule has 2 N–H and O–H groups in total. The molecule has 0 radical (unpaired) electrons. The summed E-state index contributed by atoms with van der Waals surface area (Å²) in [6.07, 6.45) is 3.33. The predicted octanol–water partition coefficient (Wildman–Crippen LogP) is 6.02. The van der Waals surface area contributed by atoms with Gasteiger partial charge in [0.15, 0.2) is 5.78 Å². The summed E-state index contributed by atoms with van der Waals surface area (Å²) >= 11 is 0. The highest BCUT2D eigenvalue weighted by Crippen LogP contribution is 2.33. The van der Waals surface area contributed by atoms with Gasteiger partial charge in [-0.3, -0.25) is 4.79 Å². The molecule has 0 atom stereocenters. The molecule has 0 fully saturated rings. The lowest BCUT2D eigenvalue weighted by Gasteiger charge is -2.16. The van der Waals surface area contributed by atoms with Gasteiger partial charge in [-0.2, -0.15) is 0 Å². The van der Waals surface area contributed by atoms with Crippen molar-refractivity contribution >= 4 is 5.78 Å². The maximum absolute atomic E-state index is 12.3. The lowest BCUT2D eigenvalue weighted by Crippen LogP contribution is -2.02. The van der Waals surface area contributed by atoms with Crippen LogP contribution in [0.4, 0.5) is 0 Å². The highest BCUT2D eigenvalue weighted by atomic mass is 16.5. The molecule has 0 saturated carbocycles. The number of hydrogen-bond acceptors (Lipinski definition) is 4. The second-order valence-corrected chi connectivity index (χ2v) is 8.28. The Morgan fingerprint density at radius 2 is 1.55 bits per heavy atom. The minimum absolute atomic E-state index is 0.0956. The van der Waals surface area contributed by atoms with E-state index in [1.807, 2.05) is 37.3 Å². The van der Waals surface area contributed by atoms with E-state index in [2.05, 4.69) is 38.1 Å². The van der Waals surface area contributed by atoms with Gasteiger partial charge in [0.2, 0.25) is 0 Å². The molecule has 0 aliphatic rings. The third-order valence-electron chi connectivity index (χ3n) is 6.04. The van der Waals surface area contributed by atoms with Gasteiger partial charge in [0.05, 0.1) is 13.2 Å². The second-order valence-electron chi connectivity index (χ2n) is 8.28. The Bertz CT molecular complexity index is 1100. The fourth-order valence-corrected chi connectivity index (χ4v) is 4.15. The van der Waals surface area contributed by atoms with Crippen LogP contribution in [0.15, 0.2) is 54.6 Å². The number of rotatable bonds is 11. The van der Waals surface area contributed by atoms with E-state index in [-0.39, 0.29) is 19.0 Å². The van der Waals surface area contributed by atoms with Crippen molar-refractivity contribution in [2.45, 2.75) is 66.3 Å². The molecule has 3 aromatic carbocycles. The molecule has 0 spiro atoms. The summed E-state index contributed by atoms with van der Waals surface area (Å²) in [5.41, 5.74) is 7.88. The molecule has 3 aromatic rings. The zero-order chi connectivity index (χ0) is 23.8. The third kappa shape index (κ3) is 5.89. The Kier molecular flexibility index (Phi) is 8.81. The van der Waals surface area contributed by atoms with E-state index in [1.54, 1.807) is 0 Å². The van der Waals surface area contributed by atoms with Gasteiger partial charge in [0.25, 0.3) is 0 Å². The van der Waals surface area contributed by atoms with Gasteiger partial charge in [-0.25, -0.2) is 0 Å². The number of ether oxygens (including phenoxy) is 1. The van der Waals surface area contributed by atoms with Crippen molar-refractivity contribution in [1.29, 1.82) is 0 Å². The van der Waals surface area contributed by atoms with Crippen LogP contribution in [-0.4, -0.2) is 16.0 Å². The number of Topliss-reactive ketones (excluding diaryl/α,β-unsaturated/α-hetero) is 1. The Morgan fingerprint density at radius 1 is 0.788 bits per heavy atom. The Morgan fingerprint density at radius 3 is 2.21 bits per heavy atom. The Balaban J connectivity index is 1.92. The third-order valence-corrected chi connectivity index (χ3v) is 6.04. The molecular weight excluding hydrogens is 412 g/mol. The van der Waals surface area contributed by atoms with Gasteiger partial charge < -0.3 is 14.9 Å². The van der Waals surface area contributed by atoms with Crippen LogP contribution in [0.1, 0.15) is 71.8 Å². The first-order valence-electron chi connectivity index (χ1n) is 11.8. The van der Waals surface area contributed by atoms with E-state index in [0.717, 1.165) is 52.8 Å². The highest BCUT2D eigenvalue weighted by molar-refractivity contribution is 5.96. The van der Waals surface area contributed by atoms with Crippen LogP contribution in [0.25, 0.3) is 11.1 Å². The fraction of sp³-hybridized carbons (Fsp3) is 0.345. The molecule has 0 amide bonds. The molecule has 174 valence electrons. The van der Waals surface area contributed by atoms with E-state index < -0.39 is 0 Å². The van der Waals surface area contributed by atoms with Crippen molar-refractivity contribution in [2.75, 3.05) is 0 Å². The molecule has 0 aliphatic heterocycles. The van der Waals surface area contributed by atoms with Crippen molar-refractivity contribution in [3.63, 3.8) is 0 Å². The first-order valence-corrected chi connectivity index (χ1v) is 11.8. The van der Waals surface area contributed by atoms with Gasteiger partial charge in [-0.05, 0) is 76.1 Å². The standard InChI is InChI=1S/C29H34O4/c1-4-7-22-15-23(29(32)6-3)11-13-27(22)28-16-26(12-10-21(28)5-2)33-19-20-8-9-24(17-30)25(14-20)18-31/h8-16,30-31H,4-7,17-19H2,1-3H3. The van der Waals surface area contributed by atoms with Gasteiger partial charge in [0, 0.05) is 12.0 Å². The molecule has 0 saturated heterocycles. The van der Waals surface area contributed by atoms with Crippen molar-refractivity contribution in [3.8, 4) is 16.9 Å². The van der Waals surface area contributed by atoms with E-state index >= 15 is 0 Å². The summed E-state index contributed by atoms with van der Waals surface area (Å²) in [7, 11) is 0. The van der Waals surface area contributed by atoms with Crippen molar-refractivity contribution in [1.82, 2.24) is 0 Å². The zero-order valence-corrected chi connectivity index (χ0v) is 19.9. The van der Waals surface area contributed by atoms with Crippen molar-refractivity contribution < 1.29 is 19.7 Å². The van der Waals surface area contributed by atoms with Crippen LogP contribution in [0, 0.1) is 0 Å². The van der Waals surface area contributed by atoms with E-state index in [4.69, 9.17) is 4.74 Å². The van der Waals surface area contributed by atoms with Crippen LogP contribution in [-0.2, 0) is 32.7 Å². The monoisotopic (exact) mass is 446 g/mol. The number of ketones is 1. The molecule has 0 bridgehead atoms. The summed E-state index contributed by atoms with van der Waals surface area (Å²) in [4.78, 5) is 12.3. The van der Waals surface area contributed by atoms with E-state index in [9.17, 15) is 15.0 Å². The molecule has 3 rings (SSSR count). The number of carbonyl (C=O) groups is 1. The highest BCUT2D eigenvalue weighted by Gasteiger charge is 2.13. The van der Waals surface area contributed by atoms with E-state index in [1.165, 1.54) is 11.1 Å². The number of aryl methyl sites for hydroxylation is 2. The Hall–Kier alpha value is -2.95. The maximum atomic E-state index is 12.3. The van der Waals surface area contributed by atoms with Crippen molar-refractivity contribution in [3.05, 3.63) is 88.0 Å². The summed E-state index contributed by atoms with van der Waals surface area (Å²) in [5.74, 6) is 0.941. The van der Waals surface area contributed by atoms with Gasteiger partial charge in [0.1, 0.15) is 12.4 Å². The van der Waals surface area contributed by atoms with Crippen LogP contribution in [0.5, 0.6) is 5.75 Å². The lowest BCUT2D eigenvalue weighted by molar-refractivity contribution is 0.0988. The number of aliphatic hydroxyl groups is 2. The van der Waals surface area contributed by atoms with Crippen LogP contribution < -0.4 is 4.74 Å².